The summed E-state index contributed by atoms with van der Waals surface area (Å²) in [5.41, 5.74) is 1.42. The van der Waals surface area contributed by atoms with Crippen LogP contribution in [0.4, 0.5) is 4.39 Å². The number of benzene rings is 1. The number of H-pyrrole nitrogens is 1. The minimum absolute atomic E-state index is 0. The Morgan fingerprint density at radius 1 is 1.41 bits per heavy atom. The molecule has 0 aliphatic carbocycles. The zero-order chi connectivity index (χ0) is 11.1. The molecule has 2 N–H and O–H groups in total. The van der Waals surface area contributed by atoms with Crippen LogP contribution < -0.4 is 5.32 Å². The van der Waals surface area contributed by atoms with Gasteiger partial charge >= 0.3 is 0 Å². The number of hydrogen-bond acceptors (Lipinski definition) is 2. The van der Waals surface area contributed by atoms with Crippen LogP contribution in [0.5, 0.6) is 0 Å². The second kappa shape index (κ2) is 4.80. The van der Waals surface area contributed by atoms with Crippen LogP contribution in [0.1, 0.15) is 24.7 Å². The van der Waals surface area contributed by atoms with E-state index in [0.29, 0.717) is 5.52 Å². The van der Waals surface area contributed by atoms with E-state index in [-0.39, 0.29) is 23.5 Å². The van der Waals surface area contributed by atoms with Gasteiger partial charge in [0.1, 0.15) is 11.6 Å². The van der Waals surface area contributed by atoms with Gasteiger partial charge in [0, 0.05) is 6.07 Å². The number of fused-ring (bicyclic) bond motifs is 1. The van der Waals surface area contributed by atoms with Crippen molar-refractivity contribution in [3.63, 3.8) is 0 Å². The molecule has 6 heteroatoms. The molecule has 0 bridgehead atoms. The van der Waals surface area contributed by atoms with E-state index in [0.717, 1.165) is 30.7 Å². The van der Waals surface area contributed by atoms with Gasteiger partial charge in [-0.15, -0.1) is 12.4 Å². The molecule has 17 heavy (non-hydrogen) atoms. The second-order valence-corrected chi connectivity index (χ2v) is 4.46. The first-order valence-corrected chi connectivity index (χ1v) is 5.70. The van der Waals surface area contributed by atoms with Crippen LogP contribution in [0.25, 0.3) is 11.0 Å². The second-order valence-electron chi connectivity index (χ2n) is 4.05. The van der Waals surface area contributed by atoms with Crippen LogP contribution in [0.15, 0.2) is 12.1 Å². The van der Waals surface area contributed by atoms with Crippen molar-refractivity contribution in [3.8, 4) is 0 Å². The van der Waals surface area contributed by atoms with E-state index >= 15 is 0 Å². The molecule has 1 saturated heterocycles. The molecule has 3 rings (SSSR count). The van der Waals surface area contributed by atoms with Crippen LogP contribution in [0, 0.1) is 5.82 Å². The van der Waals surface area contributed by atoms with Gasteiger partial charge in [0.05, 0.1) is 22.1 Å². The highest BCUT2D eigenvalue weighted by Crippen LogP contribution is 2.26. The molecule has 2 aromatic rings. The minimum Gasteiger partial charge on any atom is -0.341 e. The van der Waals surface area contributed by atoms with Gasteiger partial charge in [0.2, 0.25) is 0 Å². The van der Waals surface area contributed by atoms with E-state index in [9.17, 15) is 4.39 Å². The molecule has 0 radical (unpaired) electrons. The summed E-state index contributed by atoms with van der Waals surface area (Å²) in [5, 5.41) is 3.46. The molecule has 3 nitrogen and oxygen atoms in total. The Kier molecular flexibility index (Phi) is 3.56. The van der Waals surface area contributed by atoms with Crippen molar-refractivity contribution in [2.24, 2.45) is 0 Å². The van der Waals surface area contributed by atoms with Gasteiger partial charge in [0.15, 0.2) is 0 Å². The van der Waals surface area contributed by atoms with Crippen molar-refractivity contribution in [2.75, 3.05) is 6.54 Å². The SMILES string of the molecule is Cl.Fc1cc2[nH]c([C@@H]3CCCN3)nc2cc1Cl. The molecule has 1 aromatic carbocycles. The fourth-order valence-corrected chi connectivity index (χ4v) is 2.27. The zero-order valence-corrected chi connectivity index (χ0v) is 10.5. The average Bonchev–Trinajstić information content (AvgIpc) is 2.86. The summed E-state index contributed by atoms with van der Waals surface area (Å²) in [4.78, 5) is 7.56. The van der Waals surface area contributed by atoms with Crippen molar-refractivity contribution < 1.29 is 4.39 Å². The predicted octanol–water partition coefficient (Wildman–Crippen LogP) is 3.20. The molecule has 1 aliphatic rings. The molecule has 0 spiro atoms. The standard InChI is InChI=1S/C11H11ClFN3.ClH/c12-6-4-9-10(5-7(6)13)16-11(15-9)8-2-1-3-14-8;/h4-5,8,14H,1-3H2,(H,15,16);1H/t8-;/m0./s1. The van der Waals surface area contributed by atoms with E-state index in [4.69, 9.17) is 11.6 Å². The van der Waals surface area contributed by atoms with Crippen molar-refractivity contribution in [3.05, 3.63) is 28.8 Å². The number of rotatable bonds is 1. The van der Waals surface area contributed by atoms with Crippen LogP contribution in [-0.4, -0.2) is 16.5 Å². The van der Waals surface area contributed by atoms with E-state index < -0.39 is 5.82 Å². The Balaban J connectivity index is 0.00000108. The predicted molar refractivity (Wildman–Crippen MR) is 68.3 cm³/mol. The first-order chi connectivity index (χ1) is 7.74. The Labute approximate surface area is 109 Å². The van der Waals surface area contributed by atoms with Crippen LogP contribution in [0.2, 0.25) is 5.02 Å². The minimum atomic E-state index is -0.413. The van der Waals surface area contributed by atoms with Crippen molar-refractivity contribution in [1.82, 2.24) is 15.3 Å². The summed E-state index contributed by atoms with van der Waals surface area (Å²) in [6.45, 7) is 1.01. The Hall–Kier alpha value is -0.840. The normalized spacial score (nSPS) is 19.5. The van der Waals surface area contributed by atoms with Crippen molar-refractivity contribution in [2.45, 2.75) is 18.9 Å². The van der Waals surface area contributed by atoms with Gasteiger partial charge < -0.3 is 10.3 Å². The summed E-state index contributed by atoms with van der Waals surface area (Å²) in [6.07, 6.45) is 2.22. The third-order valence-electron chi connectivity index (χ3n) is 2.93. The molecule has 1 fully saturated rings. The first-order valence-electron chi connectivity index (χ1n) is 5.32. The lowest BCUT2D eigenvalue weighted by atomic mass is 10.2. The molecule has 1 aromatic heterocycles. The molecule has 0 amide bonds. The number of hydrogen-bond donors (Lipinski definition) is 2. The topological polar surface area (TPSA) is 40.7 Å². The fraction of sp³-hybridized carbons (Fsp3) is 0.364. The summed E-state index contributed by atoms with van der Waals surface area (Å²) < 4.78 is 13.2. The first kappa shape index (κ1) is 12.6. The third-order valence-corrected chi connectivity index (χ3v) is 3.22. The molecular weight excluding hydrogens is 264 g/mol. The summed E-state index contributed by atoms with van der Waals surface area (Å²) >= 11 is 5.71. The molecule has 1 atom stereocenters. The van der Waals surface area contributed by atoms with Gasteiger partial charge in [-0.05, 0) is 25.5 Å². The molecule has 2 heterocycles. The van der Waals surface area contributed by atoms with Gasteiger partial charge in [-0.3, -0.25) is 0 Å². The maximum absolute atomic E-state index is 13.2. The van der Waals surface area contributed by atoms with Gasteiger partial charge in [-0.2, -0.15) is 0 Å². The summed E-state index contributed by atoms with van der Waals surface area (Å²) in [6, 6.07) is 3.21. The molecular formula is C11H12Cl2FN3. The van der Waals surface area contributed by atoms with Crippen LogP contribution in [-0.2, 0) is 0 Å². The maximum atomic E-state index is 13.2. The van der Waals surface area contributed by atoms with Crippen molar-refractivity contribution >= 4 is 35.0 Å². The van der Waals surface area contributed by atoms with Gasteiger partial charge in [0.25, 0.3) is 0 Å². The highest BCUT2D eigenvalue weighted by atomic mass is 35.5. The lowest BCUT2D eigenvalue weighted by Gasteiger charge is -2.04. The summed E-state index contributed by atoms with van der Waals surface area (Å²) in [7, 11) is 0. The molecule has 0 saturated carbocycles. The van der Waals surface area contributed by atoms with Crippen LogP contribution >= 0.6 is 24.0 Å². The smallest absolute Gasteiger partial charge is 0.144 e. The Morgan fingerprint density at radius 2 is 2.24 bits per heavy atom. The highest BCUT2D eigenvalue weighted by molar-refractivity contribution is 6.31. The summed E-state index contributed by atoms with van der Waals surface area (Å²) in [5.74, 6) is 0.456. The molecule has 1 aliphatic heterocycles. The van der Waals surface area contributed by atoms with E-state index in [2.05, 4.69) is 15.3 Å². The lowest BCUT2D eigenvalue weighted by molar-refractivity contribution is 0.614. The fourth-order valence-electron chi connectivity index (χ4n) is 2.11. The highest BCUT2D eigenvalue weighted by Gasteiger charge is 2.19. The zero-order valence-electron chi connectivity index (χ0n) is 8.96. The largest absolute Gasteiger partial charge is 0.341 e. The number of nitrogens with zero attached hydrogens (tertiary/aromatic N) is 1. The van der Waals surface area contributed by atoms with E-state index in [1.54, 1.807) is 6.07 Å². The Bertz CT molecular complexity index is 496. The quantitative estimate of drug-likeness (QED) is 0.839. The number of aromatic amines is 1. The monoisotopic (exact) mass is 275 g/mol. The van der Waals surface area contributed by atoms with Gasteiger partial charge in [-0.25, -0.2) is 9.37 Å². The maximum Gasteiger partial charge on any atom is 0.144 e. The number of halogens is 3. The van der Waals surface area contributed by atoms with Crippen molar-refractivity contribution in [1.29, 1.82) is 0 Å². The van der Waals surface area contributed by atoms with E-state index in [1.807, 2.05) is 0 Å². The number of imidazole rings is 1. The molecule has 0 unspecified atom stereocenters. The van der Waals surface area contributed by atoms with E-state index in [1.165, 1.54) is 6.07 Å². The van der Waals surface area contributed by atoms with Crippen LogP contribution in [0.3, 0.4) is 0 Å². The van der Waals surface area contributed by atoms with Gasteiger partial charge in [-0.1, -0.05) is 11.6 Å². The molecule has 92 valence electrons. The number of nitrogens with one attached hydrogen (secondary N) is 2. The third kappa shape index (κ3) is 2.25. The average molecular weight is 276 g/mol. The number of aromatic nitrogens is 2. The lowest BCUT2D eigenvalue weighted by Crippen LogP contribution is -2.13. The Morgan fingerprint density at radius 3 is 2.94 bits per heavy atom.